The predicted octanol–water partition coefficient (Wildman–Crippen LogP) is 4.66. The molecule has 1 amide bonds. The second-order valence-electron chi connectivity index (χ2n) is 5.47. The second kappa shape index (κ2) is 7.09. The first-order chi connectivity index (χ1) is 12.0. The molecule has 25 heavy (non-hydrogen) atoms. The Morgan fingerprint density at radius 3 is 2.24 bits per heavy atom. The fourth-order valence-corrected chi connectivity index (χ4v) is 2.20. The molecule has 4 nitrogen and oxygen atoms in total. The summed E-state index contributed by atoms with van der Waals surface area (Å²) >= 11 is 0. The lowest BCUT2D eigenvalue weighted by Gasteiger charge is -2.09. The number of amides is 1. The number of aromatic nitrogens is 1. The topological polar surface area (TPSA) is 54.0 Å². The smallest absolute Gasteiger partial charge is 0.256 e. The molecule has 2 N–H and O–H groups in total. The number of pyridine rings is 1. The van der Waals surface area contributed by atoms with E-state index < -0.39 is 11.6 Å². The van der Waals surface area contributed by atoms with Crippen molar-refractivity contribution >= 4 is 23.1 Å². The first kappa shape index (κ1) is 16.6. The molecule has 3 rings (SSSR count). The average Bonchev–Trinajstić information content (AvgIpc) is 2.60. The Morgan fingerprint density at radius 1 is 0.960 bits per heavy atom. The van der Waals surface area contributed by atoms with E-state index in [9.17, 15) is 13.6 Å². The summed E-state index contributed by atoms with van der Waals surface area (Å²) in [5.41, 5.74) is 1.73. The summed E-state index contributed by atoms with van der Waals surface area (Å²) in [6.45, 7) is 1.94. The lowest BCUT2D eigenvalue weighted by molar-refractivity contribution is 0.102. The molecule has 0 unspecified atom stereocenters. The van der Waals surface area contributed by atoms with Crippen LogP contribution in [-0.4, -0.2) is 10.9 Å². The maximum Gasteiger partial charge on any atom is 0.256 e. The highest BCUT2D eigenvalue weighted by atomic mass is 19.1. The zero-order valence-corrected chi connectivity index (χ0v) is 13.4. The number of para-hydroxylation sites is 1. The Hall–Kier alpha value is -3.28. The molecule has 3 aromatic rings. The number of rotatable bonds is 4. The van der Waals surface area contributed by atoms with Crippen LogP contribution in [0.25, 0.3) is 0 Å². The van der Waals surface area contributed by atoms with Crippen LogP contribution in [0, 0.1) is 18.6 Å². The molecular formula is C19H15F2N3O. The SMILES string of the molecule is Cc1ccc(C(=O)Nc2ccc(Nc3c(F)cccc3F)cn2)cc1. The molecule has 6 heteroatoms. The van der Waals surface area contributed by atoms with Gasteiger partial charge < -0.3 is 10.6 Å². The molecular weight excluding hydrogens is 324 g/mol. The van der Waals surface area contributed by atoms with Gasteiger partial charge in [0.25, 0.3) is 5.91 Å². The summed E-state index contributed by atoms with van der Waals surface area (Å²) in [6, 6.07) is 13.9. The maximum atomic E-state index is 13.6. The molecule has 0 bridgehead atoms. The number of carbonyl (C=O) groups excluding carboxylic acids is 1. The monoisotopic (exact) mass is 339 g/mol. The van der Waals surface area contributed by atoms with Crippen molar-refractivity contribution in [1.82, 2.24) is 4.98 Å². The fraction of sp³-hybridized carbons (Fsp3) is 0.0526. The van der Waals surface area contributed by atoms with Gasteiger partial charge in [0.15, 0.2) is 0 Å². The van der Waals surface area contributed by atoms with E-state index in [4.69, 9.17) is 0 Å². The Bertz CT molecular complexity index is 873. The Morgan fingerprint density at radius 2 is 1.64 bits per heavy atom. The minimum atomic E-state index is -0.697. The summed E-state index contributed by atoms with van der Waals surface area (Å²) in [5.74, 6) is -1.34. The number of anilines is 3. The van der Waals surface area contributed by atoms with E-state index in [1.165, 1.54) is 12.3 Å². The molecule has 0 radical (unpaired) electrons. The van der Waals surface area contributed by atoms with Crippen molar-refractivity contribution < 1.29 is 13.6 Å². The van der Waals surface area contributed by atoms with Crippen molar-refractivity contribution in [2.75, 3.05) is 10.6 Å². The van der Waals surface area contributed by atoms with Gasteiger partial charge in [0, 0.05) is 5.56 Å². The predicted molar refractivity (Wildman–Crippen MR) is 93.0 cm³/mol. The molecule has 0 spiro atoms. The molecule has 0 aliphatic carbocycles. The van der Waals surface area contributed by atoms with Gasteiger partial charge >= 0.3 is 0 Å². The molecule has 1 aromatic heterocycles. The van der Waals surface area contributed by atoms with Gasteiger partial charge in [0.1, 0.15) is 23.1 Å². The Balaban J connectivity index is 1.70. The van der Waals surface area contributed by atoms with Crippen LogP contribution in [0.4, 0.5) is 26.0 Å². The van der Waals surface area contributed by atoms with Crippen LogP contribution in [0.2, 0.25) is 0 Å². The lowest BCUT2D eigenvalue weighted by atomic mass is 10.1. The van der Waals surface area contributed by atoms with Gasteiger partial charge in [-0.3, -0.25) is 4.79 Å². The van der Waals surface area contributed by atoms with Crippen LogP contribution in [-0.2, 0) is 0 Å². The van der Waals surface area contributed by atoms with E-state index in [1.807, 2.05) is 19.1 Å². The Labute approximate surface area is 143 Å². The van der Waals surface area contributed by atoms with Gasteiger partial charge in [-0.1, -0.05) is 23.8 Å². The molecule has 0 saturated heterocycles. The number of hydrogen-bond acceptors (Lipinski definition) is 3. The van der Waals surface area contributed by atoms with Crippen molar-refractivity contribution in [2.45, 2.75) is 6.92 Å². The third-order valence-corrected chi connectivity index (χ3v) is 3.55. The van der Waals surface area contributed by atoms with Gasteiger partial charge in [-0.25, -0.2) is 13.8 Å². The molecule has 0 aliphatic rings. The van der Waals surface area contributed by atoms with E-state index in [1.54, 1.807) is 24.3 Å². The van der Waals surface area contributed by atoms with Gasteiger partial charge in [-0.2, -0.15) is 0 Å². The van der Waals surface area contributed by atoms with Crippen LogP contribution in [0.1, 0.15) is 15.9 Å². The summed E-state index contributed by atoms with van der Waals surface area (Å²) in [7, 11) is 0. The third kappa shape index (κ3) is 3.98. The molecule has 1 heterocycles. The summed E-state index contributed by atoms with van der Waals surface area (Å²) in [5, 5.41) is 5.30. The van der Waals surface area contributed by atoms with Crippen molar-refractivity contribution in [3.8, 4) is 0 Å². The third-order valence-electron chi connectivity index (χ3n) is 3.55. The first-order valence-electron chi connectivity index (χ1n) is 7.58. The zero-order chi connectivity index (χ0) is 17.8. The largest absolute Gasteiger partial charge is 0.349 e. The zero-order valence-electron chi connectivity index (χ0n) is 13.4. The summed E-state index contributed by atoms with van der Waals surface area (Å²) < 4.78 is 27.2. The maximum absolute atomic E-state index is 13.6. The number of nitrogens with one attached hydrogen (secondary N) is 2. The highest BCUT2D eigenvalue weighted by Crippen LogP contribution is 2.23. The van der Waals surface area contributed by atoms with Crippen molar-refractivity contribution in [3.63, 3.8) is 0 Å². The van der Waals surface area contributed by atoms with Crippen molar-refractivity contribution in [1.29, 1.82) is 0 Å². The van der Waals surface area contributed by atoms with Crippen LogP contribution < -0.4 is 10.6 Å². The van der Waals surface area contributed by atoms with E-state index in [0.717, 1.165) is 17.7 Å². The normalized spacial score (nSPS) is 10.4. The molecule has 0 fully saturated rings. The number of aryl methyl sites for hydroxylation is 1. The van der Waals surface area contributed by atoms with Crippen LogP contribution in [0.3, 0.4) is 0 Å². The van der Waals surface area contributed by atoms with Crippen molar-refractivity contribution in [3.05, 3.63) is 83.6 Å². The van der Waals surface area contributed by atoms with Gasteiger partial charge in [0.2, 0.25) is 0 Å². The highest BCUT2D eigenvalue weighted by Gasteiger charge is 2.09. The second-order valence-corrected chi connectivity index (χ2v) is 5.47. The first-order valence-corrected chi connectivity index (χ1v) is 7.58. The summed E-state index contributed by atoms with van der Waals surface area (Å²) in [6.07, 6.45) is 1.39. The van der Waals surface area contributed by atoms with Gasteiger partial charge in [-0.05, 0) is 43.3 Å². The Kier molecular flexibility index (Phi) is 4.70. The minimum absolute atomic E-state index is 0.249. The van der Waals surface area contributed by atoms with Crippen molar-refractivity contribution in [2.24, 2.45) is 0 Å². The molecule has 0 atom stereocenters. The summed E-state index contributed by atoms with van der Waals surface area (Å²) in [4.78, 5) is 16.2. The number of carbonyl (C=O) groups is 1. The molecule has 126 valence electrons. The molecule has 2 aromatic carbocycles. The van der Waals surface area contributed by atoms with E-state index in [2.05, 4.69) is 15.6 Å². The highest BCUT2D eigenvalue weighted by molar-refractivity contribution is 6.03. The number of nitrogens with zero attached hydrogens (tertiary/aromatic N) is 1. The standard InChI is InChI=1S/C19H15F2N3O/c1-12-5-7-13(8-6-12)19(25)24-17-10-9-14(11-22-17)23-18-15(20)3-2-4-16(18)21/h2-11,23H,1H3,(H,22,24,25). The quantitative estimate of drug-likeness (QED) is 0.727. The number of halogens is 2. The van der Waals surface area contributed by atoms with E-state index in [-0.39, 0.29) is 11.6 Å². The van der Waals surface area contributed by atoms with E-state index in [0.29, 0.717) is 17.1 Å². The fourth-order valence-electron chi connectivity index (χ4n) is 2.20. The minimum Gasteiger partial charge on any atom is -0.349 e. The number of hydrogen-bond donors (Lipinski definition) is 2. The number of benzene rings is 2. The molecule has 0 aliphatic heterocycles. The average molecular weight is 339 g/mol. The van der Waals surface area contributed by atoms with E-state index >= 15 is 0 Å². The lowest BCUT2D eigenvalue weighted by Crippen LogP contribution is -2.12. The van der Waals surface area contributed by atoms with Crippen LogP contribution in [0.5, 0.6) is 0 Å². The molecule has 0 saturated carbocycles. The van der Waals surface area contributed by atoms with Gasteiger partial charge in [-0.15, -0.1) is 0 Å². The van der Waals surface area contributed by atoms with Crippen LogP contribution in [0.15, 0.2) is 60.8 Å². The van der Waals surface area contributed by atoms with Gasteiger partial charge in [0.05, 0.1) is 11.9 Å². The van der Waals surface area contributed by atoms with Crippen LogP contribution >= 0.6 is 0 Å².